The van der Waals surface area contributed by atoms with Gasteiger partial charge in [0.2, 0.25) is 0 Å². The van der Waals surface area contributed by atoms with Gasteiger partial charge in [0.25, 0.3) is 0 Å². The molecule has 0 unspecified atom stereocenters. The van der Waals surface area contributed by atoms with E-state index in [0.717, 1.165) is 18.3 Å². The summed E-state index contributed by atoms with van der Waals surface area (Å²) in [6.07, 6.45) is 6.54. The fraction of sp³-hybridized carbons (Fsp3) is 0.588. The van der Waals surface area contributed by atoms with Gasteiger partial charge in [0.05, 0.1) is 13.7 Å². The van der Waals surface area contributed by atoms with Crippen LogP contribution in [0.3, 0.4) is 0 Å². The molecule has 0 aliphatic heterocycles. The van der Waals surface area contributed by atoms with Gasteiger partial charge in [-0.2, -0.15) is 0 Å². The summed E-state index contributed by atoms with van der Waals surface area (Å²) in [5.41, 5.74) is 1.19. The molecule has 0 spiro atoms. The first kappa shape index (κ1) is 19.1. The minimum absolute atomic E-state index is 0. The van der Waals surface area contributed by atoms with Gasteiger partial charge in [-0.15, -0.1) is 24.0 Å². The molecule has 22 heavy (non-hydrogen) atoms. The molecule has 1 fully saturated rings. The maximum Gasteiger partial charge on any atom is 0.191 e. The fourth-order valence-corrected chi connectivity index (χ4v) is 2.66. The molecule has 2 rings (SSSR count). The topological polar surface area (TPSA) is 45.7 Å². The lowest BCUT2D eigenvalue weighted by Crippen LogP contribution is -2.44. The number of guanidine groups is 1. The van der Waals surface area contributed by atoms with Crippen LogP contribution >= 0.6 is 24.0 Å². The smallest absolute Gasteiger partial charge is 0.191 e. The lowest BCUT2D eigenvalue weighted by Gasteiger charge is -2.24. The van der Waals surface area contributed by atoms with Gasteiger partial charge in [-0.3, -0.25) is 0 Å². The van der Waals surface area contributed by atoms with Crippen molar-refractivity contribution in [3.8, 4) is 5.75 Å². The maximum atomic E-state index is 5.17. The molecule has 5 heteroatoms. The summed E-state index contributed by atoms with van der Waals surface area (Å²) in [6, 6.07) is 8.66. The monoisotopic (exact) mass is 417 g/mol. The average Bonchev–Trinajstić information content (AvgIpc) is 2.54. The third-order valence-corrected chi connectivity index (χ3v) is 3.87. The van der Waals surface area contributed by atoms with E-state index in [-0.39, 0.29) is 24.0 Å². The first-order chi connectivity index (χ1) is 10.3. The Bertz CT molecular complexity index is 442. The van der Waals surface area contributed by atoms with E-state index in [4.69, 9.17) is 4.74 Å². The van der Waals surface area contributed by atoms with Crippen LogP contribution in [0.5, 0.6) is 5.75 Å². The molecule has 1 aromatic rings. The predicted molar refractivity (Wildman–Crippen MR) is 103 cm³/mol. The minimum atomic E-state index is 0. The summed E-state index contributed by atoms with van der Waals surface area (Å²) in [5.74, 6) is 1.81. The van der Waals surface area contributed by atoms with E-state index >= 15 is 0 Å². The van der Waals surface area contributed by atoms with Gasteiger partial charge in [0.15, 0.2) is 5.96 Å². The van der Waals surface area contributed by atoms with Crippen LogP contribution in [0.25, 0.3) is 0 Å². The molecule has 0 amide bonds. The first-order valence-electron chi connectivity index (χ1n) is 7.99. The molecular weight excluding hydrogens is 389 g/mol. The molecule has 0 aromatic heterocycles. The van der Waals surface area contributed by atoms with E-state index in [1.165, 1.54) is 37.7 Å². The number of nitrogens with zero attached hydrogens (tertiary/aromatic N) is 1. The van der Waals surface area contributed by atoms with Crippen molar-refractivity contribution in [2.24, 2.45) is 4.99 Å². The molecule has 0 radical (unpaired) electrons. The lowest BCUT2D eigenvalue weighted by molar-refractivity contribution is 0.410. The van der Waals surface area contributed by atoms with E-state index < -0.39 is 0 Å². The third kappa shape index (κ3) is 6.42. The van der Waals surface area contributed by atoms with E-state index in [2.05, 4.69) is 34.7 Å². The van der Waals surface area contributed by atoms with Crippen LogP contribution in [0.2, 0.25) is 0 Å². The van der Waals surface area contributed by atoms with Gasteiger partial charge in [-0.25, -0.2) is 4.99 Å². The van der Waals surface area contributed by atoms with Gasteiger partial charge < -0.3 is 15.4 Å². The summed E-state index contributed by atoms with van der Waals surface area (Å²) in [7, 11) is 1.69. The Morgan fingerprint density at radius 1 is 1.18 bits per heavy atom. The zero-order valence-electron chi connectivity index (χ0n) is 13.6. The minimum Gasteiger partial charge on any atom is -0.497 e. The number of methoxy groups -OCH3 is 1. The number of benzene rings is 1. The molecule has 2 N–H and O–H groups in total. The first-order valence-corrected chi connectivity index (χ1v) is 7.99. The zero-order chi connectivity index (χ0) is 14.9. The molecule has 1 saturated carbocycles. The van der Waals surface area contributed by atoms with Crippen molar-refractivity contribution in [2.75, 3.05) is 13.7 Å². The summed E-state index contributed by atoms with van der Waals surface area (Å²) in [5, 5.41) is 6.90. The molecule has 0 bridgehead atoms. The summed E-state index contributed by atoms with van der Waals surface area (Å²) < 4.78 is 5.17. The Labute approximate surface area is 151 Å². The number of halogens is 1. The maximum absolute atomic E-state index is 5.17. The van der Waals surface area contributed by atoms with Crippen LogP contribution in [0, 0.1) is 0 Å². The van der Waals surface area contributed by atoms with Gasteiger partial charge in [-0.05, 0) is 37.5 Å². The predicted octanol–water partition coefficient (Wildman–Crippen LogP) is 3.70. The highest BCUT2D eigenvalue weighted by molar-refractivity contribution is 14.0. The molecular formula is C17H28IN3O. The second kappa shape index (κ2) is 10.7. The third-order valence-electron chi connectivity index (χ3n) is 3.87. The Morgan fingerprint density at radius 2 is 1.86 bits per heavy atom. The number of aliphatic imine (C=N–C) groups is 1. The molecule has 0 heterocycles. The van der Waals surface area contributed by atoms with Gasteiger partial charge in [-0.1, -0.05) is 31.4 Å². The molecule has 124 valence electrons. The highest BCUT2D eigenvalue weighted by atomic mass is 127. The normalized spacial score (nSPS) is 15.8. The van der Waals surface area contributed by atoms with Crippen LogP contribution in [-0.2, 0) is 6.54 Å². The molecule has 1 aliphatic rings. The number of hydrogen-bond acceptors (Lipinski definition) is 2. The molecule has 1 aromatic carbocycles. The van der Waals surface area contributed by atoms with Crippen molar-refractivity contribution >= 4 is 29.9 Å². The lowest BCUT2D eigenvalue weighted by atomic mass is 9.96. The Kier molecular flexibility index (Phi) is 9.27. The highest BCUT2D eigenvalue weighted by Gasteiger charge is 2.14. The number of rotatable bonds is 5. The van der Waals surface area contributed by atoms with Gasteiger partial charge in [0.1, 0.15) is 5.75 Å². The van der Waals surface area contributed by atoms with E-state index in [0.29, 0.717) is 12.6 Å². The summed E-state index contributed by atoms with van der Waals surface area (Å²) >= 11 is 0. The number of ether oxygens (including phenoxy) is 1. The van der Waals surface area contributed by atoms with Crippen LogP contribution in [-0.4, -0.2) is 25.7 Å². The van der Waals surface area contributed by atoms with Gasteiger partial charge in [0, 0.05) is 12.6 Å². The molecule has 0 saturated heterocycles. The van der Waals surface area contributed by atoms with Crippen LogP contribution in [0.1, 0.15) is 44.6 Å². The Hall–Kier alpha value is -0.980. The number of nitrogens with one attached hydrogen (secondary N) is 2. The largest absolute Gasteiger partial charge is 0.497 e. The number of hydrogen-bond donors (Lipinski definition) is 2. The Balaban J connectivity index is 0.00000242. The summed E-state index contributed by atoms with van der Waals surface area (Å²) in [6.45, 7) is 3.68. The van der Waals surface area contributed by atoms with Crippen molar-refractivity contribution in [1.82, 2.24) is 10.6 Å². The van der Waals surface area contributed by atoms with Crippen molar-refractivity contribution in [2.45, 2.75) is 51.6 Å². The van der Waals surface area contributed by atoms with Crippen molar-refractivity contribution in [3.63, 3.8) is 0 Å². The van der Waals surface area contributed by atoms with E-state index in [1.807, 2.05) is 12.1 Å². The standard InChI is InChI=1S/C17H27N3O.HI/c1-3-18-17(20-15-7-5-4-6-8-15)19-13-14-9-11-16(21-2)12-10-14;/h9-12,15H,3-8,13H2,1-2H3,(H2,18,19,20);1H. The SMILES string of the molecule is CCNC(=NCc1ccc(OC)cc1)NC1CCCCC1.I. The Morgan fingerprint density at radius 3 is 2.45 bits per heavy atom. The summed E-state index contributed by atoms with van der Waals surface area (Å²) in [4.78, 5) is 4.69. The fourth-order valence-electron chi connectivity index (χ4n) is 2.66. The van der Waals surface area contributed by atoms with Crippen molar-refractivity contribution in [1.29, 1.82) is 0 Å². The van der Waals surface area contributed by atoms with Crippen molar-refractivity contribution < 1.29 is 4.74 Å². The van der Waals surface area contributed by atoms with E-state index in [9.17, 15) is 0 Å². The highest BCUT2D eigenvalue weighted by Crippen LogP contribution is 2.17. The average molecular weight is 417 g/mol. The van der Waals surface area contributed by atoms with Crippen molar-refractivity contribution in [3.05, 3.63) is 29.8 Å². The molecule has 0 atom stereocenters. The van der Waals surface area contributed by atoms with Crippen LogP contribution in [0.15, 0.2) is 29.3 Å². The molecule has 1 aliphatic carbocycles. The van der Waals surface area contributed by atoms with E-state index in [1.54, 1.807) is 7.11 Å². The quantitative estimate of drug-likeness (QED) is 0.436. The zero-order valence-corrected chi connectivity index (χ0v) is 15.9. The van der Waals surface area contributed by atoms with Crippen LogP contribution < -0.4 is 15.4 Å². The second-order valence-corrected chi connectivity index (χ2v) is 5.52. The molecule has 4 nitrogen and oxygen atoms in total. The van der Waals surface area contributed by atoms with Gasteiger partial charge >= 0.3 is 0 Å². The second-order valence-electron chi connectivity index (χ2n) is 5.52. The van der Waals surface area contributed by atoms with Crippen LogP contribution in [0.4, 0.5) is 0 Å².